The summed E-state index contributed by atoms with van der Waals surface area (Å²) < 4.78 is 11.2. The largest absolute Gasteiger partial charge is 0.507 e. The summed E-state index contributed by atoms with van der Waals surface area (Å²) in [6.07, 6.45) is 3.25. The Bertz CT molecular complexity index is 1700. The van der Waals surface area contributed by atoms with Gasteiger partial charge in [-0.2, -0.15) is 0 Å². The van der Waals surface area contributed by atoms with Crippen LogP contribution in [-0.2, 0) is 10.8 Å². The maximum Gasteiger partial charge on any atom is 0.271 e. The van der Waals surface area contributed by atoms with E-state index in [1.807, 2.05) is 47.6 Å². The molecule has 4 aromatic heterocycles. The topological polar surface area (TPSA) is 132 Å². The van der Waals surface area contributed by atoms with Crippen molar-refractivity contribution in [3.05, 3.63) is 65.8 Å². The Balaban J connectivity index is 0.000000152. The van der Waals surface area contributed by atoms with Gasteiger partial charge in [-0.25, -0.2) is 9.97 Å². The molecule has 1 N–H and O–H groups in total. The zero-order valence-electron chi connectivity index (χ0n) is 21.4. The molecule has 5 aromatic rings. The molecule has 1 aliphatic rings. The summed E-state index contributed by atoms with van der Waals surface area (Å²) in [5, 5.41) is 10.6. The fourth-order valence-corrected chi connectivity index (χ4v) is 3.88. The van der Waals surface area contributed by atoms with Crippen molar-refractivity contribution in [3.63, 3.8) is 0 Å². The van der Waals surface area contributed by atoms with Crippen molar-refractivity contribution < 1.29 is 23.5 Å². The predicted molar refractivity (Wildman–Crippen MR) is 137 cm³/mol. The second kappa shape index (κ2) is 8.33. The number of fused-ring (bicyclic) bond motifs is 6. The van der Waals surface area contributed by atoms with Crippen LogP contribution in [-0.4, -0.2) is 36.6 Å². The van der Waals surface area contributed by atoms with E-state index in [2.05, 4.69) is 19.9 Å². The number of nitrogens with zero attached hydrogens (tertiary/aromatic N) is 4. The number of carbonyl (C=O) groups is 2. The van der Waals surface area contributed by atoms with Gasteiger partial charge in [0.1, 0.15) is 28.2 Å². The van der Waals surface area contributed by atoms with Crippen molar-refractivity contribution in [2.24, 2.45) is 0 Å². The molecule has 0 spiro atoms. The molecular weight excluding hydrogens is 472 g/mol. The van der Waals surface area contributed by atoms with Gasteiger partial charge in [0.25, 0.3) is 5.78 Å². The highest BCUT2D eigenvalue weighted by Crippen LogP contribution is 2.35. The molecule has 0 saturated heterocycles. The highest BCUT2D eigenvalue weighted by atomic mass is 16.4. The highest BCUT2D eigenvalue weighted by Gasteiger charge is 2.38. The zero-order chi connectivity index (χ0) is 26.7. The summed E-state index contributed by atoms with van der Waals surface area (Å²) in [6, 6.07) is 8.42. The lowest BCUT2D eigenvalue weighted by Crippen LogP contribution is -2.20. The van der Waals surface area contributed by atoms with Gasteiger partial charge in [0, 0.05) is 34.7 Å². The number of aromatic hydroxyl groups is 1. The highest BCUT2D eigenvalue weighted by molar-refractivity contribution is 6.51. The van der Waals surface area contributed by atoms with Gasteiger partial charge in [0.15, 0.2) is 5.58 Å². The molecule has 0 unspecified atom stereocenters. The summed E-state index contributed by atoms with van der Waals surface area (Å²) in [6.45, 7) is 11.9. The number of benzene rings is 1. The van der Waals surface area contributed by atoms with Crippen LogP contribution in [0.1, 0.15) is 74.2 Å². The summed E-state index contributed by atoms with van der Waals surface area (Å²) in [5.74, 6) is 0.00116. The molecule has 6 rings (SSSR count). The van der Waals surface area contributed by atoms with Crippen molar-refractivity contribution in [1.82, 2.24) is 19.9 Å². The van der Waals surface area contributed by atoms with Crippen LogP contribution in [0.15, 0.2) is 51.6 Å². The quantitative estimate of drug-likeness (QED) is 0.263. The monoisotopic (exact) mass is 498 g/mol. The SMILES string of the molecule is CC(C)(C)c1nc2c(cc(O)c3cccnc32)o1.CC(C)(C)c1nc2c(o1)C(=O)C(=O)c1cccnc1-2. The van der Waals surface area contributed by atoms with Crippen molar-refractivity contribution in [2.45, 2.75) is 52.4 Å². The van der Waals surface area contributed by atoms with Gasteiger partial charge in [0.05, 0.1) is 5.56 Å². The summed E-state index contributed by atoms with van der Waals surface area (Å²) in [7, 11) is 0. The lowest BCUT2D eigenvalue weighted by Gasteiger charge is -2.11. The third kappa shape index (κ3) is 4.16. The number of ketones is 2. The number of oxazole rings is 2. The number of rotatable bonds is 0. The minimum absolute atomic E-state index is 0.00104. The number of aromatic nitrogens is 4. The first-order valence-electron chi connectivity index (χ1n) is 11.8. The molecule has 0 aliphatic heterocycles. The molecular formula is C28H26N4O5. The summed E-state index contributed by atoms with van der Waals surface area (Å²) >= 11 is 0. The Kier molecular flexibility index (Phi) is 5.47. The lowest BCUT2D eigenvalue weighted by molar-refractivity contribution is 0.0796. The van der Waals surface area contributed by atoms with E-state index in [1.54, 1.807) is 36.7 Å². The number of phenols is 1. The van der Waals surface area contributed by atoms with Crippen LogP contribution in [0.25, 0.3) is 33.4 Å². The maximum absolute atomic E-state index is 12.0. The van der Waals surface area contributed by atoms with Crippen molar-refractivity contribution >= 4 is 33.6 Å². The number of Topliss-reactive ketones (excluding diaryl/α,β-unsaturated/α-hetero) is 2. The van der Waals surface area contributed by atoms with Gasteiger partial charge in [-0.3, -0.25) is 19.6 Å². The first kappa shape index (κ1) is 24.3. The molecule has 1 aliphatic carbocycles. The Morgan fingerprint density at radius 3 is 2.11 bits per heavy atom. The first-order valence-corrected chi connectivity index (χ1v) is 11.8. The fraction of sp³-hybridized carbons (Fsp3) is 0.286. The maximum atomic E-state index is 12.0. The summed E-state index contributed by atoms with van der Waals surface area (Å²) in [5.41, 5.74) is 2.51. The molecule has 0 atom stereocenters. The second-order valence-electron chi connectivity index (χ2n) is 10.9. The number of pyridine rings is 2. The second-order valence-corrected chi connectivity index (χ2v) is 10.9. The molecule has 0 fully saturated rings. The van der Waals surface area contributed by atoms with Crippen LogP contribution in [0, 0.1) is 0 Å². The average molecular weight is 499 g/mol. The number of hydrogen-bond acceptors (Lipinski definition) is 9. The standard InChI is InChI=1S/C14H12N2O3.C14H14N2O2/c1-14(2,3)13-16-9-8-7(5-4-6-15-8)10(17)11(18)12(9)19-13;1-14(2,3)13-16-12-10(18-13)7-9(17)8-5-4-6-15-11(8)12/h4-6H,1-3H3;4-7,17H,1-3H3. The Morgan fingerprint density at radius 2 is 1.41 bits per heavy atom. The summed E-state index contributed by atoms with van der Waals surface area (Å²) in [4.78, 5) is 41.3. The average Bonchev–Trinajstić information content (AvgIpc) is 3.49. The smallest absolute Gasteiger partial charge is 0.271 e. The molecule has 9 heteroatoms. The number of hydrogen-bond donors (Lipinski definition) is 1. The van der Waals surface area contributed by atoms with Crippen LogP contribution in [0.5, 0.6) is 5.75 Å². The van der Waals surface area contributed by atoms with E-state index in [0.29, 0.717) is 45.2 Å². The third-order valence-corrected chi connectivity index (χ3v) is 5.83. The van der Waals surface area contributed by atoms with Gasteiger partial charge >= 0.3 is 0 Å². The molecule has 0 bridgehead atoms. The van der Waals surface area contributed by atoms with Gasteiger partial charge in [-0.15, -0.1) is 0 Å². The van der Waals surface area contributed by atoms with E-state index in [1.165, 1.54) is 0 Å². The number of carbonyl (C=O) groups excluding carboxylic acids is 2. The van der Waals surface area contributed by atoms with Gasteiger partial charge < -0.3 is 13.9 Å². The van der Waals surface area contributed by atoms with Crippen molar-refractivity contribution in [2.75, 3.05) is 0 Å². The molecule has 0 amide bonds. The molecule has 9 nitrogen and oxygen atoms in total. The van der Waals surface area contributed by atoms with E-state index >= 15 is 0 Å². The minimum atomic E-state index is -0.654. The predicted octanol–water partition coefficient (Wildman–Crippen LogP) is 5.79. The number of phenolic OH excluding ortho intramolecular Hbond substituents is 1. The Hall–Kier alpha value is -4.40. The van der Waals surface area contributed by atoms with E-state index in [9.17, 15) is 14.7 Å². The zero-order valence-corrected chi connectivity index (χ0v) is 21.4. The molecule has 0 saturated carbocycles. The van der Waals surface area contributed by atoms with Crippen LogP contribution < -0.4 is 0 Å². The van der Waals surface area contributed by atoms with E-state index in [4.69, 9.17) is 8.83 Å². The van der Waals surface area contributed by atoms with Gasteiger partial charge in [0.2, 0.25) is 23.3 Å². The van der Waals surface area contributed by atoms with Crippen LogP contribution in [0.3, 0.4) is 0 Å². The molecule has 0 radical (unpaired) electrons. The van der Waals surface area contributed by atoms with Gasteiger partial charge in [-0.1, -0.05) is 41.5 Å². The van der Waals surface area contributed by atoms with E-state index < -0.39 is 11.6 Å². The lowest BCUT2D eigenvalue weighted by atomic mass is 9.95. The Labute approximate surface area is 212 Å². The van der Waals surface area contributed by atoms with Crippen LogP contribution >= 0.6 is 0 Å². The third-order valence-electron chi connectivity index (χ3n) is 5.83. The Morgan fingerprint density at radius 1 is 0.757 bits per heavy atom. The van der Waals surface area contributed by atoms with Gasteiger partial charge in [-0.05, 0) is 24.3 Å². The normalized spacial score (nSPS) is 13.4. The van der Waals surface area contributed by atoms with E-state index in [0.717, 1.165) is 0 Å². The molecule has 188 valence electrons. The van der Waals surface area contributed by atoms with Crippen LogP contribution in [0.2, 0.25) is 0 Å². The van der Waals surface area contributed by atoms with Crippen molar-refractivity contribution in [3.8, 4) is 17.1 Å². The molecule has 4 heterocycles. The minimum Gasteiger partial charge on any atom is -0.507 e. The van der Waals surface area contributed by atoms with Crippen LogP contribution in [0.4, 0.5) is 0 Å². The fourth-order valence-electron chi connectivity index (χ4n) is 3.88. The van der Waals surface area contributed by atoms with Crippen molar-refractivity contribution in [1.29, 1.82) is 0 Å². The first-order chi connectivity index (χ1) is 17.4. The van der Waals surface area contributed by atoms with E-state index in [-0.39, 0.29) is 27.9 Å². The molecule has 1 aromatic carbocycles. The molecule has 37 heavy (non-hydrogen) atoms.